The van der Waals surface area contributed by atoms with Crippen LogP contribution in [0.15, 0.2) is 83.9 Å². The Hall–Kier alpha value is -3.73. The summed E-state index contributed by atoms with van der Waals surface area (Å²) >= 11 is 0. The predicted molar refractivity (Wildman–Crippen MR) is 103 cm³/mol. The van der Waals surface area contributed by atoms with Gasteiger partial charge in [0, 0.05) is 24.5 Å². The molecule has 5 heteroatoms. The van der Waals surface area contributed by atoms with Gasteiger partial charge in [-0.05, 0) is 23.8 Å². The van der Waals surface area contributed by atoms with Crippen molar-refractivity contribution in [3.8, 4) is 11.4 Å². The number of rotatable bonds is 4. The molecule has 132 valence electrons. The monoisotopic (exact) mass is 356 g/mol. The summed E-state index contributed by atoms with van der Waals surface area (Å²) in [5.41, 5.74) is 1.13. The molecule has 0 saturated heterocycles. The standard InChI is InChI=1S/C22H16N2O3/c25-19(13-15-7-3-1-4-8-15)20-21(26)17-14-23-12-11-18(17)24(22(20)27)16-9-5-2-6-10-16/h1-12,14,26H,13H2. The van der Waals surface area contributed by atoms with Crippen LogP contribution in [0, 0.1) is 0 Å². The van der Waals surface area contributed by atoms with E-state index in [1.54, 1.807) is 24.4 Å². The van der Waals surface area contributed by atoms with E-state index in [4.69, 9.17) is 0 Å². The lowest BCUT2D eigenvalue weighted by Gasteiger charge is -2.14. The topological polar surface area (TPSA) is 72.2 Å². The van der Waals surface area contributed by atoms with Crippen LogP contribution in [0.25, 0.3) is 16.6 Å². The lowest BCUT2D eigenvalue weighted by molar-refractivity contribution is 0.0989. The van der Waals surface area contributed by atoms with Crippen molar-refractivity contribution < 1.29 is 9.90 Å². The number of ketones is 1. The fourth-order valence-electron chi connectivity index (χ4n) is 3.18. The summed E-state index contributed by atoms with van der Waals surface area (Å²) in [6.45, 7) is 0. The zero-order valence-corrected chi connectivity index (χ0v) is 14.4. The smallest absolute Gasteiger partial charge is 0.270 e. The van der Waals surface area contributed by atoms with Gasteiger partial charge >= 0.3 is 0 Å². The van der Waals surface area contributed by atoms with Crippen LogP contribution < -0.4 is 5.56 Å². The van der Waals surface area contributed by atoms with Crippen LogP contribution in [0.1, 0.15) is 15.9 Å². The van der Waals surface area contributed by atoms with Crippen molar-refractivity contribution >= 4 is 16.7 Å². The highest BCUT2D eigenvalue weighted by atomic mass is 16.3. The van der Waals surface area contributed by atoms with Crippen molar-refractivity contribution in [2.75, 3.05) is 0 Å². The van der Waals surface area contributed by atoms with E-state index in [-0.39, 0.29) is 17.7 Å². The molecule has 5 nitrogen and oxygen atoms in total. The number of hydrogen-bond donors (Lipinski definition) is 1. The van der Waals surface area contributed by atoms with Gasteiger partial charge in [0.15, 0.2) is 5.78 Å². The lowest BCUT2D eigenvalue weighted by atomic mass is 10.0. The van der Waals surface area contributed by atoms with Gasteiger partial charge in [-0.1, -0.05) is 48.5 Å². The van der Waals surface area contributed by atoms with E-state index < -0.39 is 11.3 Å². The number of carbonyl (C=O) groups is 1. The molecule has 4 rings (SSSR count). The molecular weight excluding hydrogens is 340 g/mol. The molecule has 1 N–H and O–H groups in total. The molecule has 0 fully saturated rings. The average Bonchev–Trinajstić information content (AvgIpc) is 2.70. The first kappa shape index (κ1) is 16.7. The molecule has 0 aliphatic heterocycles. The van der Waals surface area contributed by atoms with Crippen LogP contribution in [0.3, 0.4) is 0 Å². The van der Waals surface area contributed by atoms with Crippen molar-refractivity contribution in [1.29, 1.82) is 0 Å². The molecule has 0 radical (unpaired) electrons. The first-order chi connectivity index (χ1) is 13.2. The number of nitrogens with zero attached hydrogens (tertiary/aromatic N) is 2. The number of hydrogen-bond acceptors (Lipinski definition) is 4. The third kappa shape index (κ3) is 3.00. The number of Topliss-reactive ketones (excluding diaryl/α,β-unsaturated/α-hetero) is 1. The number of para-hydroxylation sites is 1. The number of pyridine rings is 2. The fraction of sp³-hybridized carbons (Fsp3) is 0.0455. The number of benzene rings is 2. The van der Waals surface area contributed by atoms with Gasteiger partial charge in [-0.15, -0.1) is 0 Å². The lowest BCUT2D eigenvalue weighted by Crippen LogP contribution is -2.26. The largest absolute Gasteiger partial charge is 0.506 e. The van der Waals surface area contributed by atoms with Gasteiger partial charge < -0.3 is 5.11 Å². The summed E-state index contributed by atoms with van der Waals surface area (Å²) in [5, 5.41) is 11.0. The van der Waals surface area contributed by atoms with E-state index in [9.17, 15) is 14.7 Å². The zero-order chi connectivity index (χ0) is 18.8. The van der Waals surface area contributed by atoms with Gasteiger partial charge in [0.25, 0.3) is 5.56 Å². The van der Waals surface area contributed by atoms with Crippen LogP contribution in [0.2, 0.25) is 0 Å². The summed E-state index contributed by atoms with van der Waals surface area (Å²) in [4.78, 5) is 30.1. The number of fused-ring (bicyclic) bond motifs is 1. The van der Waals surface area contributed by atoms with Crippen molar-refractivity contribution in [1.82, 2.24) is 9.55 Å². The molecular formula is C22H16N2O3. The van der Waals surface area contributed by atoms with Gasteiger partial charge in [-0.25, -0.2) is 0 Å². The van der Waals surface area contributed by atoms with Gasteiger partial charge in [-0.3, -0.25) is 19.1 Å². The highest BCUT2D eigenvalue weighted by Crippen LogP contribution is 2.28. The van der Waals surface area contributed by atoms with Crippen molar-refractivity contribution in [2.45, 2.75) is 6.42 Å². The molecule has 0 unspecified atom stereocenters. The maximum atomic E-state index is 13.2. The second-order valence-corrected chi connectivity index (χ2v) is 6.18. The number of carbonyl (C=O) groups excluding carboxylic acids is 1. The van der Waals surface area contributed by atoms with Crippen LogP contribution in [-0.4, -0.2) is 20.4 Å². The van der Waals surface area contributed by atoms with E-state index in [1.807, 2.05) is 48.5 Å². The fourth-order valence-corrected chi connectivity index (χ4v) is 3.18. The summed E-state index contributed by atoms with van der Waals surface area (Å²) in [6.07, 6.45) is 3.04. The molecule has 0 aliphatic rings. The van der Waals surface area contributed by atoms with E-state index >= 15 is 0 Å². The van der Waals surface area contributed by atoms with E-state index in [0.717, 1.165) is 5.56 Å². The average molecular weight is 356 g/mol. The summed E-state index contributed by atoms with van der Waals surface area (Å²) in [6, 6.07) is 19.8. The van der Waals surface area contributed by atoms with Gasteiger partial charge in [-0.2, -0.15) is 0 Å². The number of aromatic nitrogens is 2. The second-order valence-electron chi connectivity index (χ2n) is 6.18. The molecule has 0 saturated carbocycles. The highest BCUT2D eigenvalue weighted by molar-refractivity contribution is 6.04. The molecule has 2 aromatic heterocycles. The molecule has 0 spiro atoms. The Morgan fingerprint density at radius 2 is 1.63 bits per heavy atom. The number of aromatic hydroxyl groups is 1. The van der Waals surface area contributed by atoms with Gasteiger partial charge in [0.05, 0.1) is 10.9 Å². The maximum absolute atomic E-state index is 13.2. The van der Waals surface area contributed by atoms with E-state index in [1.165, 1.54) is 10.8 Å². The zero-order valence-electron chi connectivity index (χ0n) is 14.4. The van der Waals surface area contributed by atoms with Crippen molar-refractivity contribution in [2.24, 2.45) is 0 Å². The minimum Gasteiger partial charge on any atom is -0.506 e. The highest BCUT2D eigenvalue weighted by Gasteiger charge is 2.23. The van der Waals surface area contributed by atoms with Gasteiger partial charge in [0.2, 0.25) is 0 Å². The molecule has 27 heavy (non-hydrogen) atoms. The summed E-state index contributed by atoms with van der Waals surface area (Å²) in [7, 11) is 0. The van der Waals surface area contributed by atoms with Crippen LogP contribution in [-0.2, 0) is 6.42 Å². The van der Waals surface area contributed by atoms with Gasteiger partial charge in [0.1, 0.15) is 11.3 Å². The Bertz CT molecular complexity index is 1180. The van der Waals surface area contributed by atoms with E-state index in [0.29, 0.717) is 16.6 Å². The Labute approximate surface area is 155 Å². The molecule has 4 aromatic rings. The quantitative estimate of drug-likeness (QED) is 0.568. The van der Waals surface area contributed by atoms with Crippen molar-refractivity contribution in [3.05, 3.63) is 101 Å². The molecule has 0 aliphatic carbocycles. The third-order valence-corrected chi connectivity index (χ3v) is 4.45. The predicted octanol–water partition coefficient (Wildman–Crippen LogP) is 3.52. The SMILES string of the molecule is O=C(Cc1ccccc1)c1c(O)c2cnccc2n(-c2ccccc2)c1=O. The molecule has 0 atom stereocenters. The first-order valence-corrected chi connectivity index (χ1v) is 8.51. The molecule has 2 aromatic carbocycles. The minimum absolute atomic E-state index is 0.0319. The third-order valence-electron chi connectivity index (χ3n) is 4.45. The maximum Gasteiger partial charge on any atom is 0.270 e. The first-order valence-electron chi connectivity index (χ1n) is 8.51. The summed E-state index contributed by atoms with van der Waals surface area (Å²) < 4.78 is 1.44. The Morgan fingerprint density at radius 3 is 2.33 bits per heavy atom. The summed E-state index contributed by atoms with van der Waals surface area (Å²) in [5.74, 6) is -0.754. The normalized spacial score (nSPS) is 10.8. The molecule has 0 bridgehead atoms. The Balaban J connectivity index is 1.96. The molecule has 0 amide bonds. The van der Waals surface area contributed by atoms with E-state index in [2.05, 4.69) is 4.98 Å². The Kier molecular flexibility index (Phi) is 4.26. The molecule has 2 heterocycles. The minimum atomic E-state index is -0.543. The van der Waals surface area contributed by atoms with Crippen molar-refractivity contribution in [3.63, 3.8) is 0 Å². The van der Waals surface area contributed by atoms with Crippen LogP contribution >= 0.6 is 0 Å². The van der Waals surface area contributed by atoms with Crippen LogP contribution in [0.4, 0.5) is 0 Å². The second kappa shape index (κ2) is 6.88. The van der Waals surface area contributed by atoms with Crippen LogP contribution in [0.5, 0.6) is 5.75 Å². The Morgan fingerprint density at radius 1 is 0.963 bits per heavy atom.